The summed E-state index contributed by atoms with van der Waals surface area (Å²) in [5.74, 6) is 1.02. The second-order valence-electron chi connectivity index (χ2n) is 5.75. The molecule has 0 unspecified atom stereocenters. The molecular weight excluding hydrogens is 224 g/mol. The fraction of sp³-hybridized carbons (Fsp3) is 0.600. The Balaban J connectivity index is 2.00. The van der Waals surface area contributed by atoms with Gasteiger partial charge in [-0.2, -0.15) is 0 Å². The van der Waals surface area contributed by atoms with E-state index in [0.717, 1.165) is 44.7 Å². The fourth-order valence-corrected chi connectivity index (χ4v) is 2.36. The summed E-state index contributed by atoms with van der Waals surface area (Å²) in [4.78, 5) is 2.42. The Morgan fingerprint density at radius 3 is 2.89 bits per heavy atom. The molecular formula is C15H24N2O. The Kier molecular flexibility index (Phi) is 4.12. The van der Waals surface area contributed by atoms with Crippen molar-refractivity contribution in [2.24, 2.45) is 5.73 Å². The van der Waals surface area contributed by atoms with Gasteiger partial charge < -0.3 is 15.4 Å². The van der Waals surface area contributed by atoms with Crippen LogP contribution in [0.3, 0.4) is 0 Å². The standard InChI is InChI=1S/C15H24N2O/c1-15(2,16)9-5-10-17-11-6-12-18-14-8-4-3-7-13(14)17/h3-4,7-8H,5-6,9-12,16H2,1-2H3. The molecule has 0 aliphatic carbocycles. The third-order valence-electron chi connectivity index (χ3n) is 3.29. The second kappa shape index (κ2) is 5.61. The van der Waals surface area contributed by atoms with Crippen molar-refractivity contribution in [3.8, 4) is 5.75 Å². The highest BCUT2D eigenvalue weighted by Crippen LogP contribution is 2.30. The third-order valence-corrected chi connectivity index (χ3v) is 3.29. The van der Waals surface area contributed by atoms with Crippen molar-refractivity contribution < 1.29 is 4.74 Å². The number of ether oxygens (including phenoxy) is 1. The zero-order chi connectivity index (χ0) is 13.0. The van der Waals surface area contributed by atoms with E-state index in [9.17, 15) is 0 Å². The van der Waals surface area contributed by atoms with E-state index < -0.39 is 0 Å². The van der Waals surface area contributed by atoms with E-state index in [1.807, 2.05) is 6.07 Å². The molecule has 1 aliphatic heterocycles. The number of rotatable bonds is 4. The van der Waals surface area contributed by atoms with Gasteiger partial charge in [0.25, 0.3) is 0 Å². The van der Waals surface area contributed by atoms with Gasteiger partial charge in [0.2, 0.25) is 0 Å². The van der Waals surface area contributed by atoms with Crippen LogP contribution in [0.5, 0.6) is 5.75 Å². The molecule has 0 bridgehead atoms. The summed E-state index contributed by atoms with van der Waals surface area (Å²) >= 11 is 0. The van der Waals surface area contributed by atoms with Gasteiger partial charge in [0.05, 0.1) is 12.3 Å². The molecule has 0 amide bonds. The summed E-state index contributed by atoms with van der Waals surface area (Å²) < 4.78 is 5.76. The molecule has 3 heteroatoms. The van der Waals surface area contributed by atoms with Crippen LogP contribution in [0.2, 0.25) is 0 Å². The SMILES string of the molecule is CC(C)(N)CCCN1CCCOc2ccccc21. The lowest BCUT2D eigenvalue weighted by molar-refractivity contribution is 0.322. The molecule has 2 rings (SSSR count). The van der Waals surface area contributed by atoms with E-state index in [0.29, 0.717) is 0 Å². The van der Waals surface area contributed by atoms with Crippen LogP contribution in [-0.2, 0) is 0 Å². The van der Waals surface area contributed by atoms with Crippen molar-refractivity contribution >= 4 is 5.69 Å². The lowest BCUT2D eigenvalue weighted by atomic mass is 10.00. The third kappa shape index (κ3) is 3.64. The number of benzene rings is 1. The maximum absolute atomic E-state index is 6.03. The average molecular weight is 248 g/mol. The van der Waals surface area contributed by atoms with Gasteiger partial charge in [-0.25, -0.2) is 0 Å². The van der Waals surface area contributed by atoms with Crippen LogP contribution in [0.25, 0.3) is 0 Å². The van der Waals surface area contributed by atoms with Crippen LogP contribution in [-0.4, -0.2) is 25.2 Å². The minimum Gasteiger partial charge on any atom is -0.491 e. The number of para-hydroxylation sites is 2. The number of hydrogen-bond acceptors (Lipinski definition) is 3. The molecule has 0 aromatic heterocycles. The van der Waals surface area contributed by atoms with Crippen LogP contribution in [0.4, 0.5) is 5.69 Å². The number of nitrogens with zero attached hydrogens (tertiary/aromatic N) is 1. The van der Waals surface area contributed by atoms with Crippen LogP contribution >= 0.6 is 0 Å². The van der Waals surface area contributed by atoms with Gasteiger partial charge in [-0.3, -0.25) is 0 Å². The lowest BCUT2D eigenvalue weighted by Gasteiger charge is -2.26. The Labute approximate surface area is 110 Å². The van der Waals surface area contributed by atoms with Crippen LogP contribution < -0.4 is 15.4 Å². The van der Waals surface area contributed by atoms with E-state index in [2.05, 4.69) is 36.9 Å². The van der Waals surface area contributed by atoms with Crippen molar-refractivity contribution in [1.82, 2.24) is 0 Å². The molecule has 2 N–H and O–H groups in total. The average Bonchev–Trinajstić information content (AvgIpc) is 2.51. The number of fused-ring (bicyclic) bond motifs is 1. The van der Waals surface area contributed by atoms with E-state index in [-0.39, 0.29) is 5.54 Å². The van der Waals surface area contributed by atoms with Gasteiger partial charge in [0.1, 0.15) is 5.75 Å². The van der Waals surface area contributed by atoms with E-state index in [1.54, 1.807) is 0 Å². The summed E-state index contributed by atoms with van der Waals surface area (Å²) in [5.41, 5.74) is 7.19. The minimum atomic E-state index is -0.0676. The molecule has 1 aromatic rings. The number of anilines is 1. The molecule has 0 saturated heterocycles. The number of hydrogen-bond donors (Lipinski definition) is 1. The van der Waals surface area contributed by atoms with Crippen LogP contribution in [0, 0.1) is 0 Å². The van der Waals surface area contributed by atoms with E-state index >= 15 is 0 Å². The van der Waals surface area contributed by atoms with Crippen molar-refractivity contribution in [1.29, 1.82) is 0 Å². The first kappa shape index (κ1) is 13.2. The molecule has 0 fully saturated rings. The van der Waals surface area contributed by atoms with Crippen molar-refractivity contribution in [3.05, 3.63) is 24.3 Å². The lowest BCUT2D eigenvalue weighted by Crippen LogP contribution is -2.33. The molecule has 0 atom stereocenters. The van der Waals surface area contributed by atoms with Crippen molar-refractivity contribution in [2.45, 2.75) is 38.6 Å². The number of nitrogens with two attached hydrogens (primary N) is 1. The summed E-state index contributed by atoms with van der Waals surface area (Å²) in [6, 6.07) is 8.31. The highest BCUT2D eigenvalue weighted by atomic mass is 16.5. The largest absolute Gasteiger partial charge is 0.491 e. The predicted octanol–water partition coefficient (Wildman–Crippen LogP) is 2.79. The monoisotopic (exact) mass is 248 g/mol. The fourth-order valence-electron chi connectivity index (χ4n) is 2.36. The maximum Gasteiger partial charge on any atom is 0.142 e. The maximum atomic E-state index is 6.03. The van der Waals surface area contributed by atoms with Gasteiger partial charge in [-0.15, -0.1) is 0 Å². The Morgan fingerprint density at radius 1 is 1.33 bits per heavy atom. The first-order chi connectivity index (χ1) is 8.56. The Bertz CT molecular complexity index is 384. The van der Waals surface area contributed by atoms with Gasteiger partial charge in [-0.05, 0) is 45.2 Å². The summed E-state index contributed by atoms with van der Waals surface area (Å²) in [7, 11) is 0. The molecule has 1 aliphatic rings. The first-order valence-corrected chi connectivity index (χ1v) is 6.82. The summed E-state index contributed by atoms with van der Waals surface area (Å²) in [5, 5.41) is 0. The quantitative estimate of drug-likeness (QED) is 0.890. The zero-order valence-corrected chi connectivity index (χ0v) is 11.5. The topological polar surface area (TPSA) is 38.5 Å². The molecule has 0 radical (unpaired) electrons. The molecule has 3 nitrogen and oxygen atoms in total. The first-order valence-electron chi connectivity index (χ1n) is 6.82. The van der Waals surface area contributed by atoms with Gasteiger partial charge in [0.15, 0.2) is 0 Å². The highest BCUT2D eigenvalue weighted by molar-refractivity contribution is 5.58. The molecule has 100 valence electrons. The Hall–Kier alpha value is -1.22. The predicted molar refractivity (Wildman–Crippen MR) is 76.3 cm³/mol. The molecule has 18 heavy (non-hydrogen) atoms. The Morgan fingerprint density at radius 2 is 2.11 bits per heavy atom. The van der Waals surface area contributed by atoms with Crippen molar-refractivity contribution in [3.63, 3.8) is 0 Å². The summed E-state index contributed by atoms with van der Waals surface area (Å²) in [6.07, 6.45) is 3.26. The smallest absolute Gasteiger partial charge is 0.142 e. The van der Waals surface area contributed by atoms with E-state index in [1.165, 1.54) is 5.69 Å². The summed E-state index contributed by atoms with van der Waals surface area (Å²) in [6.45, 7) is 7.12. The van der Waals surface area contributed by atoms with Crippen molar-refractivity contribution in [2.75, 3.05) is 24.6 Å². The highest BCUT2D eigenvalue weighted by Gasteiger charge is 2.17. The second-order valence-corrected chi connectivity index (χ2v) is 5.75. The molecule has 0 spiro atoms. The van der Waals surface area contributed by atoms with Gasteiger partial charge in [-0.1, -0.05) is 12.1 Å². The van der Waals surface area contributed by atoms with E-state index in [4.69, 9.17) is 10.5 Å². The van der Waals surface area contributed by atoms with Crippen LogP contribution in [0.1, 0.15) is 33.1 Å². The molecule has 1 aromatic carbocycles. The van der Waals surface area contributed by atoms with Gasteiger partial charge in [0, 0.05) is 18.6 Å². The molecule has 0 saturated carbocycles. The molecule has 1 heterocycles. The van der Waals surface area contributed by atoms with Gasteiger partial charge >= 0.3 is 0 Å². The van der Waals surface area contributed by atoms with Crippen LogP contribution in [0.15, 0.2) is 24.3 Å². The normalized spacial score (nSPS) is 15.8. The zero-order valence-electron chi connectivity index (χ0n) is 11.5. The minimum absolute atomic E-state index is 0.0676.